The summed E-state index contributed by atoms with van der Waals surface area (Å²) in [5.41, 5.74) is 2.68. The van der Waals surface area contributed by atoms with Gasteiger partial charge in [0.25, 0.3) is 0 Å². The van der Waals surface area contributed by atoms with Crippen molar-refractivity contribution < 1.29 is 4.52 Å². The first-order chi connectivity index (χ1) is 13.7. The number of anilines is 1. The molecule has 28 heavy (non-hydrogen) atoms. The summed E-state index contributed by atoms with van der Waals surface area (Å²) >= 11 is 0. The molecule has 2 heterocycles. The van der Waals surface area contributed by atoms with E-state index in [4.69, 9.17) is 4.52 Å². The lowest BCUT2D eigenvalue weighted by Crippen LogP contribution is -2.51. The van der Waals surface area contributed by atoms with Crippen LogP contribution in [0.4, 0.5) is 5.69 Å². The number of nitriles is 1. The van der Waals surface area contributed by atoms with E-state index in [0.717, 1.165) is 67.6 Å². The second-order valence-electron chi connectivity index (χ2n) is 6.89. The zero-order valence-electron chi connectivity index (χ0n) is 16.6. The summed E-state index contributed by atoms with van der Waals surface area (Å²) in [7, 11) is 0. The zero-order valence-corrected chi connectivity index (χ0v) is 16.6. The molecule has 1 atom stereocenters. The van der Waals surface area contributed by atoms with Crippen molar-refractivity contribution in [2.45, 2.75) is 45.7 Å². The molecule has 0 bridgehead atoms. The van der Waals surface area contributed by atoms with Gasteiger partial charge in [0.2, 0.25) is 0 Å². The lowest BCUT2D eigenvalue weighted by Gasteiger charge is -2.35. The number of hydrogen-bond donors (Lipinski definition) is 2. The lowest BCUT2D eigenvalue weighted by molar-refractivity contribution is 0.379. The van der Waals surface area contributed by atoms with E-state index >= 15 is 0 Å². The molecule has 3 rings (SSSR count). The van der Waals surface area contributed by atoms with Gasteiger partial charge < -0.3 is 20.1 Å². The Bertz CT molecular complexity index is 837. The highest BCUT2D eigenvalue weighted by Gasteiger charge is 2.22. The minimum atomic E-state index is 0.263. The molecular weight excluding hydrogens is 352 g/mol. The molecule has 2 aromatic rings. The van der Waals surface area contributed by atoms with E-state index in [0.29, 0.717) is 6.54 Å². The second-order valence-corrected chi connectivity index (χ2v) is 6.89. The van der Waals surface area contributed by atoms with Gasteiger partial charge in [-0.2, -0.15) is 5.26 Å². The topological polar surface area (TPSA) is 89.5 Å². The van der Waals surface area contributed by atoms with Crippen LogP contribution in [0.2, 0.25) is 0 Å². The number of hydrogen-bond acceptors (Lipinski definition) is 5. The molecule has 1 fully saturated rings. The summed E-state index contributed by atoms with van der Waals surface area (Å²) in [6.45, 7) is 7.15. The number of aromatic nitrogens is 1. The number of piperidine rings is 1. The van der Waals surface area contributed by atoms with Crippen molar-refractivity contribution in [3.8, 4) is 6.07 Å². The lowest BCUT2D eigenvalue weighted by atomic mass is 10.0. The van der Waals surface area contributed by atoms with Crippen molar-refractivity contribution in [3.63, 3.8) is 0 Å². The van der Waals surface area contributed by atoms with E-state index in [2.05, 4.69) is 45.6 Å². The first-order valence-corrected chi connectivity index (χ1v) is 9.96. The molecular formula is C21H28N6O. The van der Waals surface area contributed by atoms with E-state index in [-0.39, 0.29) is 6.04 Å². The molecule has 0 radical (unpaired) electrons. The molecule has 1 aromatic heterocycles. The van der Waals surface area contributed by atoms with E-state index < -0.39 is 0 Å². The third kappa shape index (κ3) is 5.03. The number of rotatable bonds is 6. The number of guanidine groups is 1. The van der Waals surface area contributed by atoms with Gasteiger partial charge in [-0.1, -0.05) is 24.2 Å². The molecule has 7 nitrogen and oxygen atoms in total. The molecule has 1 aliphatic rings. The second kappa shape index (κ2) is 9.79. The summed E-state index contributed by atoms with van der Waals surface area (Å²) in [4.78, 5) is 6.93. The molecule has 0 amide bonds. The summed E-state index contributed by atoms with van der Waals surface area (Å²) in [6.07, 6.45) is 2.99. The van der Waals surface area contributed by atoms with E-state index in [1.54, 1.807) is 0 Å². The van der Waals surface area contributed by atoms with Crippen molar-refractivity contribution in [1.82, 2.24) is 15.8 Å². The summed E-state index contributed by atoms with van der Waals surface area (Å²) in [5.74, 6) is 1.54. The fraction of sp³-hybridized carbons (Fsp3) is 0.476. The number of nitrogens with zero attached hydrogens (tertiary/aromatic N) is 4. The Labute approximate surface area is 166 Å². The first-order valence-electron chi connectivity index (χ1n) is 9.96. The Hall–Kier alpha value is -3.01. The highest BCUT2D eigenvalue weighted by molar-refractivity contribution is 5.80. The fourth-order valence-corrected chi connectivity index (χ4v) is 3.42. The fourth-order valence-electron chi connectivity index (χ4n) is 3.42. The average molecular weight is 380 g/mol. The van der Waals surface area contributed by atoms with Gasteiger partial charge in [-0.05, 0) is 38.3 Å². The van der Waals surface area contributed by atoms with Gasteiger partial charge in [-0.15, -0.1) is 0 Å². The number of nitrogens with one attached hydrogen (secondary N) is 2. The van der Waals surface area contributed by atoms with Gasteiger partial charge in [-0.3, -0.25) is 0 Å². The first kappa shape index (κ1) is 19.7. The largest absolute Gasteiger partial charge is 0.368 e. The van der Waals surface area contributed by atoms with Crippen molar-refractivity contribution in [3.05, 3.63) is 47.3 Å². The molecule has 1 aliphatic heterocycles. The van der Waals surface area contributed by atoms with E-state index in [1.807, 2.05) is 30.3 Å². The van der Waals surface area contributed by atoms with Crippen LogP contribution in [0.15, 0.2) is 39.8 Å². The summed E-state index contributed by atoms with van der Waals surface area (Å²) < 4.78 is 5.32. The van der Waals surface area contributed by atoms with E-state index in [1.165, 1.54) is 0 Å². The SMILES string of the molecule is CCNC(=NCc1cc(CC)no1)NC1CCCN(c2ccccc2C#N)C1. The van der Waals surface area contributed by atoms with Crippen molar-refractivity contribution in [1.29, 1.82) is 5.26 Å². The number of benzene rings is 1. The van der Waals surface area contributed by atoms with Crippen LogP contribution in [0.1, 0.15) is 43.7 Å². The predicted octanol–water partition coefficient (Wildman–Crippen LogP) is 2.83. The third-order valence-electron chi connectivity index (χ3n) is 4.83. The third-order valence-corrected chi connectivity index (χ3v) is 4.83. The van der Waals surface area contributed by atoms with Crippen LogP contribution < -0.4 is 15.5 Å². The van der Waals surface area contributed by atoms with Gasteiger partial charge in [0.15, 0.2) is 11.7 Å². The minimum absolute atomic E-state index is 0.263. The maximum Gasteiger partial charge on any atom is 0.191 e. The number of aliphatic imine (C=N–C) groups is 1. The Morgan fingerprint density at radius 2 is 2.25 bits per heavy atom. The van der Waals surface area contributed by atoms with Crippen LogP contribution in [0.5, 0.6) is 0 Å². The maximum absolute atomic E-state index is 9.39. The molecule has 0 aliphatic carbocycles. The number of para-hydroxylation sites is 1. The Kier molecular flexibility index (Phi) is 6.90. The predicted molar refractivity (Wildman–Crippen MR) is 110 cm³/mol. The Balaban J connectivity index is 1.65. The molecule has 0 saturated carbocycles. The van der Waals surface area contributed by atoms with E-state index in [9.17, 15) is 5.26 Å². The quantitative estimate of drug-likeness (QED) is 0.592. The van der Waals surface area contributed by atoms with Crippen molar-refractivity contribution >= 4 is 11.6 Å². The smallest absolute Gasteiger partial charge is 0.191 e. The van der Waals surface area contributed by atoms with Crippen LogP contribution in [-0.4, -0.2) is 36.8 Å². The van der Waals surface area contributed by atoms with Crippen LogP contribution in [0.25, 0.3) is 0 Å². The molecule has 148 valence electrons. The summed E-state index contributed by atoms with van der Waals surface area (Å²) in [5, 5.41) is 20.3. The van der Waals surface area contributed by atoms with Crippen LogP contribution in [-0.2, 0) is 13.0 Å². The molecule has 7 heteroatoms. The number of aryl methyl sites for hydroxylation is 1. The Morgan fingerprint density at radius 3 is 3.00 bits per heavy atom. The van der Waals surface area contributed by atoms with Crippen molar-refractivity contribution in [2.75, 3.05) is 24.5 Å². The highest BCUT2D eigenvalue weighted by atomic mass is 16.5. The van der Waals surface area contributed by atoms with Gasteiger partial charge in [0, 0.05) is 31.7 Å². The van der Waals surface area contributed by atoms with Crippen LogP contribution in [0.3, 0.4) is 0 Å². The van der Waals surface area contributed by atoms with Crippen LogP contribution >= 0.6 is 0 Å². The normalized spacial score (nSPS) is 17.2. The zero-order chi connectivity index (χ0) is 19.8. The molecule has 1 unspecified atom stereocenters. The summed E-state index contributed by atoms with van der Waals surface area (Å²) in [6, 6.07) is 12.3. The highest BCUT2D eigenvalue weighted by Crippen LogP contribution is 2.23. The molecule has 0 spiro atoms. The Morgan fingerprint density at radius 1 is 1.39 bits per heavy atom. The van der Waals surface area contributed by atoms with Crippen molar-refractivity contribution in [2.24, 2.45) is 4.99 Å². The van der Waals surface area contributed by atoms with Gasteiger partial charge in [0.05, 0.1) is 16.9 Å². The minimum Gasteiger partial charge on any atom is -0.368 e. The van der Waals surface area contributed by atoms with Gasteiger partial charge in [0.1, 0.15) is 12.6 Å². The average Bonchev–Trinajstić information content (AvgIpc) is 3.20. The van der Waals surface area contributed by atoms with Gasteiger partial charge >= 0.3 is 0 Å². The molecule has 1 saturated heterocycles. The van der Waals surface area contributed by atoms with Crippen LogP contribution in [0, 0.1) is 11.3 Å². The molecule has 1 aromatic carbocycles. The monoisotopic (exact) mass is 380 g/mol. The maximum atomic E-state index is 9.39. The van der Waals surface area contributed by atoms with Gasteiger partial charge in [-0.25, -0.2) is 4.99 Å². The standard InChI is InChI=1S/C21H28N6O/c1-3-17-12-19(28-26-17)14-24-21(23-4-2)25-18-9-7-11-27(15-18)20-10-6-5-8-16(20)13-22/h5-6,8,10,12,18H,3-4,7,9,11,14-15H2,1-2H3,(H2,23,24,25). The molecule has 2 N–H and O–H groups in total.